The zero-order valence-electron chi connectivity index (χ0n) is 14.0. The Bertz CT molecular complexity index is 678. The highest BCUT2D eigenvalue weighted by Crippen LogP contribution is 2.36. The molecule has 0 unspecified atom stereocenters. The van der Waals surface area contributed by atoms with Gasteiger partial charge in [0.05, 0.1) is 17.8 Å². The summed E-state index contributed by atoms with van der Waals surface area (Å²) in [6.07, 6.45) is 0. The molecular formula is C18H23BO3. The topological polar surface area (TPSA) is 27.7 Å². The number of rotatable bonds is 3. The number of benzene rings is 2. The third kappa shape index (κ3) is 2.67. The molecule has 22 heavy (non-hydrogen) atoms. The van der Waals surface area contributed by atoms with Gasteiger partial charge in [0.15, 0.2) is 0 Å². The van der Waals surface area contributed by atoms with Crippen LogP contribution in [0.5, 0.6) is 0 Å². The van der Waals surface area contributed by atoms with Crippen LogP contribution in [-0.2, 0) is 20.7 Å². The van der Waals surface area contributed by atoms with Crippen LogP contribution in [0.25, 0.3) is 10.8 Å². The molecule has 0 bridgehead atoms. The van der Waals surface area contributed by atoms with Gasteiger partial charge in [-0.25, -0.2) is 0 Å². The maximum atomic E-state index is 6.12. The first kappa shape index (κ1) is 15.5. The Balaban J connectivity index is 1.92. The Hall–Kier alpha value is -1.36. The van der Waals surface area contributed by atoms with Crippen LogP contribution in [-0.4, -0.2) is 25.4 Å². The minimum Gasteiger partial charge on any atom is -0.399 e. The Morgan fingerprint density at radius 2 is 1.50 bits per heavy atom. The van der Waals surface area contributed by atoms with Crippen LogP contribution >= 0.6 is 0 Å². The van der Waals surface area contributed by atoms with Gasteiger partial charge < -0.3 is 14.0 Å². The second-order valence-corrected chi connectivity index (χ2v) is 6.96. The molecule has 4 heteroatoms. The predicted molar refractivity (Wildman–Crippen MR) is 90.4 cm³/mol. The fourth-order valence-electron chi connectivity index (χ4n) is 2.70. The number of hydrogen-bond acceptors (Lipinski definition) is 3. The lowest BCUT2D eigenvalue weighted by Crippen LogP contribution is -2.41. The molecule has 2 aromatic carbocycles. The maximum Gasteiger partial charge on any atom is 0.494 e. The molecule has 1 aliphatic rings. The molecule has 3 rings (SSSR count). The standard InChI is InChI=1S/C18H23BO3/c1-17(2)18(3,4)22-19(21-17)16-9-8-14-10-13(12-20-5)6-7-15(14)11-16/h6-11H,12H2,1-5H3. The molecule has 0 amide bonds. The van der Waals surface area contributed by atoms with Crippen molar-refractivity contribution in [1.29, 1.82) is 0 Å². The SMILES string of the molecule is COCc1ccc2cc(B3OC(C)(C)C(C)(C)O3)ccc2c1. The van der Waals surface area contributed by atoms with Gasteiger partial charge in [-0.3, -0.25) is 0 Å². The lowest BCUT2D eigenvalue weighted by Gasteiger charge is -2.32. The van der Waals surface area contributed by atoms with Gasteiger partial charge in [-0.1, -0.05) is 30.3 Å². The first-order valence-electron chi connectivity index (χ1n) is 7.69. The van der Waals surface area contributed by atoms with E-state index >= 15 is 0 Å². The Morgan fingerprint density at radius 3 is 2.14 bits per heavy atom. The molecular weight excluding hydrogens is 275 g/mol. The monoisotopic (exact) mass is 298 g/mol. The molecule has 1 heterocycles. The third-order valence-corrected chi connectivity index (χ3v) is 4.77. The van der Waals surface area contributed by atoms with Gasteiger partial charge >= 0.3 is 7.12 Å². The van der Waals surface area contributed by atoms with Gasteiger partial charge in [0.1, 0.15) is 0 Å². The Morgan fingerprint density at radius 1 is 0.909 bits per heavy atom. The summed E-state index contributed by atoms with van der Waals surface area (Å²) in [5.74, 6) is 0. The number of ether oxygens (including phenoxy) is 1. The largest absolute Gasteiger partial charge is 0.494 e. The van der Waals surface area contributed by atoms with Gasteiger partial charge in [-0.2, -0.15) is 0 Å². The van der Waals surface area contributed by atoms with E-state index in [-0.39, 0.29) is 18.3 Å². The number of hydrogen-bond donors (Lipinski definition) is 0. The highest BCUT2D eigenvalue weighted by molar-refractivity contribution is 6.62. The highest BCUT2D eigenvalue weighted by atomic mass is 16.7. The number of fused-ring (bicyclic) bond motifs is 1. The van der Waals surface area contributed by atoms with Crippen LogP contribution in [0, 0.1) is 0 Å². The summed E-state index contributed by atoms with van der Waals surface area (Å²) in [7, 11) is 1.40. The first-order valence-corrected chi connectivity index (χ1v) is 7.69. The molecule has 0 spiro atoms. The molecule has 1 saturated heterocycles. The number of methoxy groups -OCH3 is 1. The minimum atomic E-state index is -0.312. The average Bonchev–Trinajstić information content (AvgIpc) is 2.67. The molecule has 0 atom stereocenters. The molecule has 0 N–H and O–H groups in total. The molecule has 0 aliphatic carbocycles. The quantitative estimate of drug-likeness (QED) is 0.814. The maximum absolute atomic E-state index is 6.12. The van der Waals surface area contributed by atoms with E-state index in [4.69, 9.17) is 14.0 Å². The van der Waals surface area contributed by atoms with E-state index in [1.807, 2.05) is 0 Å². The van der Waals surface area contributed by atoms with Crippen molar-refractivity contribution in [3.05, 3.63) is 42.0 Å². The van der Waals surface area contributed by atoms with Crippen molar-refractivity contribution < 1.29 is 14.0 Å². The molecule has 0 radical (unpaired) electrons. The summed E-state index contributed by atoms with van der Waals surface area (Å²) < 4.78 is 17.4. The third-order valence-electron chi connectivity index (χ3n) is 4.77. The summed E-state index contributed by atoms with van der Waals surface area (Å²) in [5.41, 5.74) is 1.62. The van der Waals surface area contributed by atoms with Crippen LogP contribution in [0.1, 0.15) is 33.3 Å². The van der Waals surface area contributed by atoms with Crippen LogP contribution in [0.2, 0.25) is 0 Å². The predicted octanol–water partition coefficient (Wildman–Crippen LogP) is 3.29. The fourth-order valence-corrected chi connectivity index (χ4v) is 2.70. The van der Waals surface area contributed by atoms with Crippen LogP contribution < -0.4 is 5.46 Å². The fraction of sp³-hybridized carbons (Fsp3) is 0.444. The second kappa shape index (κ2) is 5.37. The van der Waals surface area contributed by atoms with E-state index in [0.717, 1.165) is 5.46 Å². The van der Waals surface area contributed by atoms with Crippen molar-refractivity contribution in [3.63, 3.8) is 0 Å². The molecule has 0 aromatic heterocycles. The van der Waals surface area contributed by atoms with E-state index in [9.17, 15) is 0 Å². The first-order chi connectivity index (χ1) is 10.3. The van der Waals surface area contributed by atoms with Crippen molar-refractivity contribution in [2.24, 2.45) is 0 Å². The van der Waals surface area contributed by atoms with Crippen molar-refractivity contribution in [3.8, 4) is 0 Å². The second-order valence-electron chi connectivity index (χ2n) is 6.96. The molecule has 3 nitrogen and oxygen atoms in total. The molecule has 0 saturated carbocycles. The van der Waals surface area contributed by atoms with Crippen LogP contribution in [0.15, 0.2) is 36.4 Å². The van der Waals surface area contributed by atoms with Crippen molar-refractivity contribution in [1.82, 2.24) is 0 Å². The van der Waals surface area contributed by atoms with Crippen molar-refractivity contribution in [2.45, 2.75) is 45.5 Å². The van der Waals surface area contributed by atoms with E-state index in [0.29, 0.717) is 6.61 Å². The van der Waals surface area contributed by atoms with Gasteiger partial charge in [-0.15, -0.1) is 0 Å². The molecule has 1 aliphatic heterocycles. The zero-order chi connectivity index (χ0) is 16.0. The molecule has 2 aromatic rings. The summed E-state index contributed by atoms with van der Waals surface area (Å²) in [5, 5.41) is 2.39. The van der Waals surface area contributed by atoms with Crippen LogP contribution in [0.3, 0.4) is 0 Å². The van der Waals surface area contributed by atoms with Gasteiger partial charge in [0, 0.05) is 7.11 Å². The minimum absolute atomic E-state index is 0.311. The summed E-state index contributed by atoms with van der Waals surface area (Å²) in [6.45, 7) is 8.93. The summed E-state index contributed by atoms with van der Waals surface area (Å²) in [6, 6.07) is 12.7. The van der Waals surface area contributed by atoms with Crippen molar-refractivity contribution >= 4 is 23.4 Å². The summed E-state index contributed by atoms with van der Waals surface area (Å²) in [4.78, 5) is 0. The van der Waals surface area contributed by atoms with E-state index in [2.05, 4.69) is 64.1 Å². The average molecular weight is 298 g/mol. The Labute approximate surface area is 132 Å². The van der Waals surface area contributed by atoms with E-state index in [1.165, 1.54) is 16.3 Å². The highest BCUT2D eigenvalue weighted by Gasteiger charge is 2.51. The summed E-state index contributed by atoms with van der Waals surface area (Å²) >= 11 is 0. The molecule has 116 valence electrons. The van der Waals surface area contributed by atoms with Crippen molar-refractivity contribution in [2.75, 3.05) is 7.11 Å². The molecule has 1 fully saturated rings. The normalized spacial score (nSPS) is 19.8. The van der Waals surface area contributed by atoms with E-state index < -0.39 is 0 Å². The lowest BCUT2D eigenvalue weighted by atomic mass is 9.78. The van der Waals surface area contributed by atoms with Gasteiger partial charge in [0.25, 0.3) is 0 Å². The lowest BCUT2D eigenvalue weighted by molar-refractivity contribution is 0.00578. The van der Waals surface area contributed by atoms with Gasteiger partial charge in [-0.05, 0) is 55.6 Å². The van der Waals surface area contributed by atoms with Gasteiger partial charge in [0.2, 0.25) is 0 Å². The van der Waals surface area contributed by atoms with Crippen LogP contribution in [0.4, 0.5) is 0 Å². The zero-order valence-corrected chi connectivity index (χ0v) is 14.0. The van der Waals surface area contributed by atoms with E-state index in [1.54, 1.807) is 7.11 Å². The Kier molecular flexibility index (Phi) is 3.80. The smallest absolute Gasteiger partial charge is 0.399 e.